The summed E-state index contributed by atoms with van der Waals surface area (Å²) < 4.78 is 11.6. The Morgan fingerprint density at radius 3 is 3.20 bits per heavy atom. The summed E-state index contributed by atoms with van der Waals surface area (Å²) in [6.07, 6.45) is 2.85. The van der Waals surface area contributed by atoms with Gasteiger partial charge in [0.25, 0.3) is 0 Å². The fourth-order valence-corrected chi connectivity index (χ4v) is 2.51. The van der Waals surface area contributed by atoms with E-state index in [0.29, 0.717) is 25.0 Å². The molecule has 20 heavy (non-hydrogen) atoms. The number of halogens is 1. The molecule has 0 radical (unpaired) electrons. The predicted molar refractivity (Wildman–Crippen MR) is 81.4 cm³/mol. The van der Waals surface area contributed by atoms with Crippen LogP contribution in [0.4, 0.5) is 5.95 Å². The molecule has 0 bridgehead atoms. The van der Waals surface area contributed by atoms with Crippen LogP contribution in [-0.4, -0.2) is 56.0 Å². The minimum Gasteiger partial charge on any atom is -0.480 e. The van der Waals surface area contributed by atoms with Gasteiger partial charge in [-0.2, -0.15) is 4.98 Å². The Hall–Kier alpha value is -0.920. The van der Waals surface area contributed by atoms with Crippen molar-refractivity contribution in [2.24, 2.45) is 0 Å². The van der Waals surface area contributed by atoms with Crippen molar-refractivity contribution in [1.82, 2.24) is 15.3 Å². The van der Waals surface area contributed by atoms with Crippen LogP contribution in [0.5, 0.6) is 5.88 Å². The molecule has 0 aromatic carbocycles. The lowest BCUT2D eigenvalue weighted by Crippen LogP contribution is -2.51. The third-order valence-corrected chi connectivity index (χ3v) is 3.73. The quantitative estimate of drug-likeness (QED) is 0.788. The lowest BCUT2D eigenvalue weighted by Gasteiger charge is -2.35. The number of hydrogen-bond donors (Lipinski definition) is 1. The Labute approximate surface area is 128 Å². The van der Waals surface area contributed by atoms with E-state index in [-0.39, 0.29) is 6.04 Å². The molecule has 0 amide bonds. The van der Waals surface area contributed by atoms with Gasteiger partial charge >= 0.3 is 0 Å². The SMILES string of the molecule is CCCNCC1COCCN1c1ncc(Br)c(OC)n1. The summed E-state index contributed by atoms with van der Waals surface area (Å²) in [5.41, 5.74) is 0. The van der Waals surface area contributed by atoms with E-state index >= 15 is 0 Å². The van der Waals surface area contributed by atoms with Gasteiger partial charge in [0.1, 0.15) is 0 Å². The summed E-state index contributed by atoms with van der Waals surface area (Å²) in [6, 6.07) is 0.251. The van der Waals surface area contributed by atoms with Crippen LogP contribution in [0.2, 0.25) is 0 Å². The van der Waals surface area contributed by atoms with Gasteiger partial charge in [0.2, 0.25) is 11.8 Å². The fraction of sp³-hybridized carbons (Fsp3) is 0.692. The van der Waals surface area contributed by atoms with Crippen molar-refractivity contribution in [3.05, 3.63) is 10.7 Å². The molecule has 0 aliphatic carbocycles. The van der Waals surface area contributed by atoms with E-state index in [1.54, 1.807) is 13.3 Å². The molecule has 1 aliphatic rings. The maximum atomic E-state index is 5.57. The molecule has 1 atom stereocenters. The third kappa shape index (κ3) is 3.80. The Kier molecular flexibility index (Phi) is 6.00. The first-order chi connectivity index (χ1) is 9.76. The molecule has 0 spiro atoms. The van der Waals surface area contributed by atoms with E-state index in [4.69, 9.17) is 9.47 Å². The summed E-state index contributed by atoms with van der Waals surface area (Å²) >= 11 is 3.38. The number of hydrogen-bond acceptors (Lipinski definition) is 6. The van der Waals surface area contributed by atoms with Crippen LogP contribution in [0.1, 0.15) is 13.3 Å². The van der Waals surface area contributed by atoms with E-state index in [1.807, 2.05) is 0 Å². The Balaban J connectivity index is 2.10. The second kappa shape index (κ2) is 7.75. The number of nitrogens with zero attached hydrogens (tertiary/aromatic N) is 3. The van der Waals surface area contributed by atoms with E-state index in [1.165, 1.54) is 0 Å². The molecule has 1 aromatic heterocycles. The molecule has 112 valence electrons. The first-order valence-corrected chi connectivity index (χ1v) is 7.67. The zero-order valence-electron chi connectivity index (χ0n) is 11.9. The zero-order valence-corrected chi connectivity index (χ0v) is 13.5. The largest absolute Gasteiger partial charge is 0.480 e. The van der Waals surface area contributed by atoms with Crippen LogP contribution in [0, 0.1) is 0 Å². The van der Waals surface area contributed by atoms with Crippen molar-refractivity contribution < 1.29 is 9.47 Å². The van der Waals surface area contributed by atoms with Gasteiger partial charge < -0.3 is 19.7 Å². The lowest BCUT2D eigenvalue weighted by molar-refractivity contribution is 0.0928. The van der Waals surface area contributed by atoms with Gasteiger partial charge in [-0.25, -0.2) is 4.98 Å². The third-order valence-electron chi connectivity index (χ3n) is 3.18. The summed E-state index contributed by atoms with van der Waals surface area (Å²) in [5, 5.41) is 3.43. The van der Waals surface area contributed by atoms with Gasteiger partial charge in [-0.15, -0.1) is 0 Å². The van der Waals surface area contributed by atoms with Crippen molar-refractivity contribution in [3.63, 3.8) is 0 Å². The average molecular weight is 345 g/mol. The molecule has 1 aromatic rings. The minimum atomic E-state index is 0.251. The first kappa shape index (κ1) is 15.5. The molecule has 2 heterocycles. The van der Waals surface area contributed by atoms with Gasteiger partial charge in [-0.05, 0) is 28.9 Å². The van der Waals surface area contributed by atoms with Crippen LogP contribution in [-0.2, 0) is 4.74 Å². The molecule has 1 fully saturated rings. The van der Waals surface area contributed by atoms with Crippen LogP contribution in [0.3, 0.4) is 0 Å². The Morgan fingerprint density at radius 2 is 2.45 bits per heavy atom. The highest BCUT2D eigenvalue weighted by molar-refractivity contribution is 9.10. The van der Waals surface area contributed by atoms with Crippen LogP contribution < -0.4 is 15.0 Å². The maximum absolute atomic E-state index is 5.57. The zero-order chi connectivity index (χ0) is 14.4. The predicted octanol–water partition coefficient (Wildman–Crippen LogP) is 1.45. The number of methoxy groups -OCH3 is 1. The Morgan fingerprint density at radius 1 is 1.60 bits per heavy atom. The highest BCUT2D eigenvalue weighted by Gasteiger charge is 2.25. The summed E-state index contributed by atoms with van der Waals surface area (Å²) in [6.45, 7) is 6.23. The van der Waals surface area contributed by atoms with E-state index in [9.17, 15) is 0 Å². The number of aromatic nitrogens is 2. The molecule has 1 N–H and O–H groups in total. The number of anilines is 1. The molecule has 1 saturated heterocycles. The highest BCUT2D eigenvalue weighted by atomic mass is 79.9. The van der Waals surface area contributed by atoms with Crippen LogP contribution >= 0.6 is 15.9 Å². The molecule has 6 nitrogen and oxygen atoms in total. The monoisotopic (exact) mass is 344 g/mol. The standard InChI is InChI=1S/C13H21BrN4O2/c1-3-4-15-7-10-9-20-6-5-18(10)13-16-8-11(14)12(17-13)19-2/h8,10,15H,3-7,9H2,1-2H3. The van der Waals surface area contributed by atoms with E-state index < -0.39 is 0 Å². The second-order valence-corrected chi connectivity index (χ2v) is 5.51. The van der Waals surface area contributed by atoms with Gasteiger partial charge in [0.15, 0.2) is 0 Å². The normalized spacial score (nSPS) is 19.1. The molecular formula is C13H21BrN4O2. The minimum absolute atomic E-state index is 0.251. The van der Waals surface area contributed by atoms with Crippen molar-refractivity contribution in [1.29, 1.82) is 0 Å². The summed E-state index contributed by atoms with van der Waals surface area (Å²) in [7, 11) is 1.61. The van der Waals surface area contributed by atoms with Crippen LogP contribution in [0.25, 0.3) is 0 Å². The maximum Gasteiger partial charge on any atom is 0.232 e. The van der Waals surface area contributed by atoms with Crippen molar-refractivity contribution in [2.75, 3.05) is 44.9 Å². The van der Waals surface area contributed by atoms with Gasteiger partial charge in [0.05, 0.1) is 37.0 Å². The number of rotatable bonds is 6. The highest BCUT2D eigenvalue weighted by Crippen LogP contribution is 2.24. The Bertz CT molecular complexity index is 433. The number of nitrogens with one attached hydrogen (secondary N) is 1. The van der Waals surface area contributed by atoms with Gasteiger partial charge in [-0.1, -0.05) is 6.92 Å². The fourth-order valence-electron chi connectivity index (χ4n) is 2.16. The number of morpholine rings is 1. The van der Waals surface area contributed by atoms with Crippen molar-refractivity contribution in [2.45, 2.75) is 19.4 Å². The molecule has 2 rings (SSSR count). The van der Waals surface area contributed by atoms with Crippen molar-refractivity contribution in [3.8, 4) is 5.88 Å². The van der Waals surface area contributed by atoms with Gasteiger partial charge in [-0.3, -0.25) is 0 Å². The van der Waals surface area contributed by atoms with Gasteiger partial charge in [0, 0.05) is 13.1 Å². The molecule has 1 aliphatic heterocycles. The smallest absolute Gasteiger partial charge is 0.232 e. The lowest BCUT2D eigenvalue weighted by atomic mass is 10.2. The average Bonchev–Trinajstić information content (AvgIpc) is 2.49. The first-order valence-electron chi connectivity index (χ1n) is 6.88. The molecule has 0 saturated carbocycles. The summed E-state index contributed by atoms with van der Waals surface area (Å²) in [4.78, 5) is 11.0. The van der Waals surface area contributed by atoms with E-state index in [0.717, 1.165) is 30.5 Å². The molecule has 1 unspecified atom stereocenters. The number of ether oxygens (including phenoxy) is 2. The topological polar surface area (TPSA) is 59.5 Å². The summed E-state index contributed by atoms with van der Waals surface area (Å²) in [5.74, 6) is 1.25. The second-order valence-electron chi connectivity index (χ2n) is 4.65. The molecule has 7 heteroatoms. The van der Waals surface area contributed by atoms with E-state index in [2.05, 4.69) is 43.0 Å². The van der Waals surface area contributed by atoms with Crippen LogP contribution in [0.15, 0.2) is 10.7 Å². The van der Waals surface area contributed by atoms with Crippen molar-refractivity contribution >= 4 is 21.9 Å². The molecular weight excluding hydrogens is 324 g/mol.